The molecule has 0 aliphatic carbocycles. The van der Waals surface area contributed by atoms with Crippen LogP contribution in [0, 0.1) is 5.92 Å². The van der Waals surface area contributed by atoms with E-state index < -0.39 is 5.97 Å². The van der Waals surface area contributed by atoms with Gasteiger partial charge in [0.1, 0.15) is 0 Å². The smallest absolute Gasteiger partial charge is 0.305 e. The lowest BCUT2D eigenvalue weighted by atomic mass is 10.1. The Labute approximate surface area is 147 Å². The van der Waals surface area contributed by atoms with Crippen molar-refractivity contribution in [2.75, 3.05) is 26.8 Å². The molecule has 1 rings (SSSR count). The van der Waals surface area contributed by atoms with Crippen molar-refractivity contribution in [3.8, 4) is 11.5 Å². The molecule has 24 heavy (non-hydrogen) atoms. The van der Waals surface area contributed by atoms with Gasteiger partial charge in [0, 0.05) is 18.7 Å². The molecule has 0 radical (unpaired) electrons. The quantitative estimate of drug-likeness (QED) is 0.733. The Kier molecular flexibility index (Phi) is 7.85. The lowest BCUT2D eigenvalue weighted by molar-refractivity contribution is -0.137. The molecular formula is C17H24ClNO5. The molecule has 0 heterocycles. The lowest BCUT2D eigenvalue weighted by Crippen LogP contribution is -2.32. The number of carboxylic acids is 1. The van der Waals surface area contributed by atoms with Gasteiger partial charge in [0.15, 0.2) is 11.5 Å². The lowest BCUT2D eigenvalue weighted by Gasteiger charge is -2.21. The van der Waals surface area contributed by atoms with Crippen molar-refractivity contribution in [1.82, 2.24) is 4.90 Å². The van der Waals surface area contributed by atoms with Gasteiger partial charge in [-0.15, -0.1) is 0 Å². The third kappa shape index (κ3) is 5.60. The second-order valence-electron chi connectivity index (χ2n) is 5.72. The predicted octanol–water partition coefficient (Wildman–Crippen LogP) is 3.32. The van der Waals surface area contributed by atoms with Crippen molar-refractivity contribution in [1.29, 1.82) is 0 Å². The van der Waals surface area contributed by atoms with Gasteiger partial charge < -0.3 is 19.5 Å². The van der Waals surface area contributed by atoms with Gasteiger partial charge in [0.05, 0.1) is 25.2 Å². The highest BCUT2D eigenvalue weighted by molar-refractivity contribution is 6.32. The van der Waals surface area contributed by atoms with Crippen LogP contribution in [0.1, 0.15) is 37.6 Å². The second-order valence-corrected chi connectivity index (χ2v) is 6.13. The van der Waals surface area contributed by atoms with E-state index in [-0.39, 0.29) is 23.9 Å². The number of methoxy groups -OCH3 is 1. The highest BCUT2D eigenvalue weighted by atomic mass is 35.5. The summed E-state index contributed by atoms with van der Waals surface area (Å²) >= 11 is 6.25. The zero-order valence-corrected chi connectivity index (χ0v) is 15.2. The van der Waals surface area contributed by atoms with Crippen molar-refractivity contribution >= 4 is 23.5 Å². The monoisotopic (exact) mass is 357 g/mol. The predicted molar refractivity (Wildman–Crippen MR) is 92.2 cm³/mol. The number of rotatable bonds is 9. The summed E-state index contributed by atoms with van der Waals surface area (Å²) in [4.78, 5) is 24.7. The third-order valence-electron chi connectivity index (χ3n) is 3.30. The van der Waals surface area contributed by atoms with E-state index in [1.165, 1.54) is 18.1 Å². The second kappa shape index (κ2) is 9.37. The first kappa shape index (κ1) is 20.1. The van der Waals surface area contributed by atoms with Crippen LogP contribution in [0.5, 0.6) is 11.5 Å². The Balaban J connectivity index is 3.04. The van der Waals surface area contributed by atoms with Crippen molar-refractivity contribution in [3.05, 3.63) is 22.7 Å². The Morgan fingerprint density at radius 3 is 2.50 bits per heavy atom. The zero-order chi connectivity index (χ0) is 18.3. The van der Waals surface area contributed by atoms with E-state index in [0.717, 1.165) is 0 Å². The number of carbonyl (C=O) groups excluding carboxylic acids is 1. The van der Waals surface area contributed by atoms with Gasteiger partial charge in [-0.05, 0) is 25.0 Å². The first-order valence-electron chi connectivity index (χ1n) is 7.81. The molecular weight excluding hydrogens is 334 g/mol. The number of amides is 1. The molecule has 0 unspecified atom stereocenters. The molecule has 7 heteroatoms. The number of carboxylic acid groups (broad SMARTS) is 1. The van der Waals surface area contributed by atoms with E-state index >= 15 is 0 Å². The molecule has 0 saturated carbocycles. The van der Waals surface area contributed by atoms with Crippen molar-refractivity contribution in [3.63, 3.8) is 0 Å². The number of nitrogens with zero attached hydrogens (tertiary/aromatic N) is 1. The average Bonchev–Trinajstić information content (AvgIpc) is 2.52. The minimum atomic E-state index is -0.950. The summed E-state index contributed by atoms with van der Waals surface area (Å²) in [5.74, 6) is -0.152. The van der Waals surface area contributed by atoms with E-state index in [0.29, 0.717) is 36.1 Å². The van der Waals surface area contributed by atoms with Crippen LogP contribution in [0.15, 0.2) is 12.1 Å². The molecule has 0 saturated heterocycles. The minimum Gasteiger partial charge on any atom is -0.493 e. The van der Waals surface area contributed by atoms with E-state index in [1.807, 2.05) is 13.8 Å². The first-order valence-corrected chi connectivity index (χ1v) is 8.19. The van der Waals surface area contributed by atoms with Crippen LogP contribution in [-0.2, 0) is 4.79 Å². The molecule has 1 aromatic rings. The molecule has 0 bridgehead atoms. The summed E-state index contributed by atoms with van der Waals surface area (Å²) in [7, 11) is 1.48. The largest absolute Gasteiger partial charge is 0.493 e. The summed E-state index contributed by atoms with van der Waals surface area (Å²) in [6.45, 7) is 6.83. The van der Waals surface area contributed by atoms with Crippen molar-refractivity contribution < 1.29 is 24.2 Å². The first-order chi connectivity index (χ1) is 11.3. The Morgan fingerprint density at radius 2 is 2.00 bits per heavy atom. The molecule has 1 amide bonds. The van der Waals surface area contributed by atoms with Crippen LogP contribution >= 0.6 is 11.6 Å². The van der Waals surface area contributed by atoms with Crippen LogP contribution in [0.4, 0.5) is 0 Å². The SMILES string of the molecule is CCN(CCC(=O)O)C(=O)c1cc(Cl)c(OCC(C)C)c(OC)c1. The summed E-state index contributed by atoms with van der Waals surface area (Å²) in [6.07, 6.45) is -0.111. The molecule has 0 atom stereocenters. The van der Waals surface area contributed by atoms with Crippen LogP contribution in [0.2, 0.25) is 5.02 Å². The molecule has 0 aromatic heterocycles. The standard InChI is InChI=1S/C17H24ClNO5/c1-5-19(7-6-15(20)21)17(22)12-8-13(18)16(14(9-12)23-4)24-10-11(2)3/h8-9,11H,5-7,10H2,1-4H3,(H,20,21). The van der Waals surface area contributed by atoms with Crippen LogP contribution in [0.3, 0.4) is 0 Å². The molecule has 6 nitrogen and oxygen atoms in total. The van der Waals surface area contributed by atoms with Crippen molar-refractivity contribution in [2.45, 2.75) is 27.2 Å². The fourth-order valence-electron chi connectivity index (χ4n) is 2.05. The van der Waals surface area contributed by atoms with Gasteiger partial charge in [0.2, 0.25) is 0 Å². The normalized spacial score (nSPS) is 10.6. The number of benzene rings is 1. The fourth-order valence-corrected chi connectivity index (χ4v) is 2.32. The van der Waals surface area contributed by atoms with Gasteiger partial charge >= 0.3 is 5.97 Å². The van der Waals surface area contributed by atoms with Crippen molar-refractivity contribution in [2.24, 2.45) is 5.92 Å². The summed E-state index contributed by atoms with van der Waals surface area (Å²) in [5.41, 5.74) is 0.334. The maximum absolute atomic E-state index is 12.6. The van der Waals surface area contributed by atoms with Gasteiger partial charge in [-0.2, -0.15) is 0 Å². The molecule has 0 spiro atoms. The Hall–Kier alpha value is -1.95. The minimum absolute atomic E-state index is 0.111. The molecule has 134 valence electrons. The van der Waals surface area contributed by atoms with Gasteiger partial charge in [0.25, 0.3) is 5.91 Å². The number of halogens is 1. The Morgan fingerprint density at radius 1 is 1.33 bits per heavy atom. The molecule has 0 aliphatic heterocycles. The number of aliphatic carboxylic acids is 1. The highest BCUT2D eigenvalue weighted by Crippen LogP contribution is 2.37. The Bertz CT molecular complexity index is 589. The average molecular weight is 358 g/mol. The van der Waals surface area contributed by atoms with Crippen LogP contribution < -0.4 is 9.47 Å². The molecule has 1 aromatic carbocycles. The van der Waals surface area contributed by atoms with E-state index in [4.69, 9.17) is 26.2 Å². The van der Waals surface area contributed by atoms with Gasteiger partial charge in [-0.3, -0.25) is 9.59 Å². The molecule has 0 fully saturated rings. The van der Waals surface area contributed by atoms with Crippen LogP contribution in [0.25, 0.3) is 0 Å². The number of carbonyl (C=O) groups is 2. The maximum atomic E-state index is 12.6. The summed E-state index contributed by atoms with van der Waals surface area (Å²) < 4.78 is 10.9. The van der Waals surface area contributed by atoms with E-state index in [9.17, 15) is 9.59 Å². The molecule has 0 aliphatic rings. The van der Waals surface area contributed by atoms with E-state index in [1.54, 1.807) is 13.0 Å². The van der Waals surface area contributed by atoms with Gasteiger partial charge in [-0.25, -0.2) is 0 Å². The van der Waals surface area contributed by atoms with Crippen LogP contribution in [-0.4, -0.2) is 48.7 Å². The van der Waals surface area contributed by atoms with E-state index in [2.05, 4.69) is 0 Å². The maximum Gasteiger partial charge on any atom is 0.305 e. The highest BCUT2D eigenvalue weighted by Gasteiger charge is 2.20. The summed E-state index contributed by atoms with van der Waals surface area (Å²) in [5, 5.41) is 9.07. The topological polar surface area (TPSA) is 76.1 Å². The summed E-state index contributed by atoms with van der Waals surface area (Å²) in [6, 6.07) is 3.08. The zero-order valence-electron chi connectivity index (χ0n) is 14.5. The fraction of sp³-hybridized carbons (Fsp3) is 0.529. The number of hydrogen-bond donors (Lipinski definition) is 1. The number of ether oxygens (including phenoxy) is 2. The number of hydrogen-bond acceptors (Lipinski definition) is 4. The van der Waals surface area contributed by atoms with Gasteiger partial charge in [-0.1, -0.05) is 25.4 Å². The third-order valence-corrected chi connectivity index (χ3v) is 3.58. The molecule has 1 N–H and O–H groups in total.